The number of furan rings is 1. The van der Waals surface area contributed by atoms with Crippen LogP contribution in [0.5, 0.6) is 0 Å². The SMILES string of the molecule is CCOC(=O)c1cc(NC(=O)CN2C(=O)S/C(=C\c3ccc(Sc4ccc(Cl)cc4)o3)C2=O)ccc1Cl. The second-order valence-corrected chi connectivity index (χ2v) is 10.4. The molecule has 0 unspecified atom stereocenters. The molecule has 0 bridgehead atoms. The molecule has 1 saturated heterocycles. The van der Waals surface area contributed by atoms with Gasteiger partial charge in [-0.1, -0.05) is 35.0 Å². The highest BCUT2D eigenvalue weighted by molar-refractivity contribution is 8.18. The molecular formula is C25H18Cl2N2O6S2. The van der Waals surface area contributed by atoms with Crippen LogP contribution in [-0.2, 0) is 14.3 Å². The number of imide groups is 1. The second kappa shape index (κ2) is 11.9. The summed E-state index contributed by atoms with van der Waals surface area (Å²) in [6.45, 7) is 1.32. The van der Waals surface area contributed by atoms with Crippen molar-refractivity contribution in [1.29, 1.82) is 0 Å². The molecule has 0 radical (unpaired) electrons. The third kappa shape index (κ3) is 6.78. The Labute approximate surface area is 230 Å². The monoisotopic (exact) mass is 576 g/mol. The quantitative estimate of drug-likeness (QED) is 0.236. The number of nitrogens with one attached hydrogen (secondary N) is 1. The van der Waals surface area contributed by atoms with Crippen LogP contribution in [0.3, 0.4) is 0 Å². The molecule has 190 valence electrons. The van der Waals surface area contributed by atoms with Crippen LogP contribution in [0.2, 0.25) is 10.0 Å². The van der Waals surface area contributed by atoms with Gasteiger partial charge in [0.05, 0.1) is 22.1 Å². The molecule has 1 N–H and O–H groups in total. The van der Waals surface area contributed by atoms with Crippen molar-refractivity contribution in [2.45, 2.75) is 16.9 Å². The Morgan fingerprint density at radius 1 is 1.11 bits per heavy atom. The molecule has 3 amide bonds. The highest BCUT2D eigenvalue weighted by atomic mass is 35.5. The van der Waals surface area contributed by atoms with E-state index in [4.69, 9.17) is 32.4 Å². The predicted octanol–water partition coefficient (Wildman–Crippen LogP) is 6.59. The number of hydrogen-bond donors (Lipinski definition) is 1. The van der Waals surface area contributed by atoms with Crippen LogP contribution in [0.1, 0.15) is 23.0 Å². The van der Waals surface area contributed by atoms with Crippen molar-refractivity contribution in [2.24, 2.45) is 0 Å². The minimum atomic E-state index is -0.632. The van der Waals surface area contributed by atoms with Gasteiger partial charge in [0, 0.05) is 21.7 Å². The number of carbonyl (C=O) groups is 4. The second-order valence-electron chi connectivity index (χ2n) is 7.44. The van der Waals surface area contributed by atoms with Gasteiger partial charge in [-0.15, -0.1) is 0 Å². The highest BCUT2D eigenvalue weighted by Crippen LogP contribution is 2.35. The topological polar surface area (TPSA) is 106 Å². The molecule has 3 aromatic rings. The molecule has 1 fully saturated rings. The first-order valence-electron chi connectivity index (χ1n) is 10.8. The zero-order valence-corrected chi connectivity index (χ0v) is 22.3. The predicted molar refractivity (Wildman–Crippen MR) is 143 cm³/mol. The largest absolute Gasteiger partial charge is 0.462 e. The van der Waals surface area contributed by atoms with Crippen molar-refractivity contribution in [2.75, 3.05) is 18.5 Å². The lowest BCUT2D eigenvalue weighted by molar-refractivity contribution is -0.127. The van der Waals surface area contributed by atoms with E-state index in [2.05, 4.69) is 5.32 Å². The third-order valence-corrected chi connectivity index (χ3v) is 7.25. The first kappa shape index (κ1) is 26.9. The number of ether oxygens (including phenoxy) is 1. The Hall–Kier alpha value is -3.18. The van der Waals surface area contributed by atoms with Gasteiger partial charge < -0.3 is 14.5 Å². The molecule has 0 aliphatic carbocycles. The Kier molecular flexibility index (Phi) is 8.65. The van der Waals surface area contributed by atoms with Crippen molar-refractivity contribution in [3.8, 4) is 0 Å². The first-order valence-corrected chi connectivity index (χ1v) is 13.2. The van der Waals surface area contributed by atoms with Crippen LogP contribution < -0.4 is 5.32 Å². The minimum Gasteiger partial charge on any atom is -0.462 e. The molecule has 8 nitrogen and oxygen atoms in total. The number of amides is 3. The number of rotatable bonds is 8. The summed E-state index contributed by atoms with van der Waals surface area (Å²) in [5, 5.41) is 3.36. The maximum Gasteiger partial charge on any atom is 0.339 e. The van der Waals surface area contributed by atoms with Crippen molar-refractivity contribution in [3.63, 3.8) is 0 Å². The average molecular weight is 577 g/mol. The van der Waals surface area contributed by atoms with E-state index < -0.39 is 29.6 Å². The Balaban J connectivity index is 1.39. The smallest absolute Gasteiger partial charge is 0.339 e. The fourth-order valence-electron chi connectivity index (χ4n) is 3.16. The molecule has 12 heteroatoms. The number of hydrogen-bond acceptors (Lipinski definition) is 8. The van der Waals surface area contributed by atoms with Crippen LogP contribution in [0.4, 0.5) is 10.5 Å². The summed E-state index contributed by atoms with van der Waals surface area (Å²) >= 11 is 14.0. The number of nitrogens with zero attached hydrogens (tertiary/aromatic N) is 1. The summed E-state index contributed by atoms with van der Waals surface area (Å²) in [5.74, 6) is -1.48. The van der Waals surface area contributed by atoms with E-state index >= 15 is 0 Å². The molecule has 1 aliphatic heterocycles. The zero-order chi connectivity index (χ0) is 26.5. The Bertz CT molecular complexity index is 1400. The summed E-state index contributed by atoms with van der Waals surface area (Å²) in [5.41, 5.74) is 0.351. The molecule has 0 spiro atoms. The first-order chi connectivity index (χ1) is 17.7. The van der Waals surface area contributed by atoms with Crippen LogP contribution in [0.15, 0.2) is 73.9 Å². The van der Waals surface area contributed by atoms with Crippen LogP contribution in [0, 0.1) is 0 Å². The van der Waals surface area contributed by atoms with E-state index in [1.54, 1.807) is 31.2 Å². The molecule has 1 aromatic heterocycles. The van der Waals surface area contributed by atoms with E-state index in [-0.39, 0.29) is 27.8 Å². The maximum absolute atomic E-state index is 12.8. The summed E-state index contributed by atoms with van der Waals surface area (Å²) < 4.78 is 10.7. The molecule has 37 heavy (non-hydrogen) atoms. The van der Waals surface area contributed by atoms with Crippen LogP contribution >= 0.6 is 46.7 Å². The van der Waals surface area contributed by atoms with E-state index in [1.165, 1.54) is 36.0 Å². The summed E-state index contributed by atoms with van der Waals surface area (Å²) in [4.78, 5) is 51.7. The van der Waals surface area contributed by atoms with Crippen molar-refractivity contribution in [3.05, 3.63) is 80.9 Å². The Morgan fingerprint density at radius 3 is 2.59 bits per heavy atom. The molecule has 0 saturated carbocycles. The lowest BCUT2D eigenvalue weighted by Gasteiger charge is -2.13. The fraction of sp³-hybridized carbons (Fsp3) is 0.120. The number of thioether (sulfide) groups is 1. The van der Waals surface area contributed by atoms with E-state index in [1.807, 2.05) is 12.1 Å². The van der Waals surface area contributed by atoms with Gasteiger partial charge in [0.15, 0.2) is 5.09 Å². The molecule has 0 atom stereocenters. The number of anilines is 1. The van der Waals surface area contributed by atoms with E-state index in [0.717, 1.165) is 9.80 Å². The maximum atomic E-state index is 12.8. The van der Waals surface area contributed by atoms with Gasteiger partial charge in [-0.3, -0.25) is 19.3 Å². The van der Waals surface area contributed by atoms with Crippen LogP contribution in [0.25, 0.3) is 6.08 Å². The summed E-state index contributed by atoms with van der Waals surface area (Å²) in [6, 6.07) is 15.0. The summed E-state index contributed by atoms with van der Waals surface area (Å²) in [6.07, 6.45) is 1.46. The molecule has 1 aliphatic rings. The zero-order valence-electron chi connectivity index (χ0n) is 19.2. The van der Waals surface area contributed by atoms with Gasteiger partial charge in [0.25, 0.3) is 11.1 Å². The third-order valence-electron chi connectivity index (χ3n) is 4.83. The van der Waals surface area contributed by atoms with Crippen molar-refractivity contribution >= 4 is 81.5 Å². The van der Waals surface area contributed by atoms with Gasteiger partial charge in [0.2, 0.25) is 5.91 Å². The normalized spacial score (nSPS) is 14.4. The van der Waals surface area contributed by atoms with Crippen molar-refractivity contribution < 1.29 is 28.3 Å². The van der Waals surface area contributed by atoms with E-state index in [9.17, 15) is 19.2 Å². The highest BCUT2D eigenvalue weighted by Gasteiger charge is 2.36. The van der Waals surface area contributed by atoms with E-state index in [0.29, 0.717) is 27.6 Å². The number of halogens is 2. The number of benzene rings is 2. The number of esters is 1. The fourth-order valence-corrected chi connectivity index (χ4v) is 5.08. The van der Waals surface area contributed by atoms with Gasteiger partial charge in [0.1, 0.15) is 12.3 Å². The minimum absolute atomic E-state index is 0.0856. The van der Waals surface area contributed by atoms with Crippen LogP contribution in [-0.4, -0.2) is 41.1 Å². The number of carbonyl (C=O) groups excluding carboxylic acids is 4. The lowest BCUT2D eigenvalue weighted by atomic mass is 10.2. The van der Waals surface area contributed by atoms with Gasteiger partial charge >= 0.3 is 5.97 Å². The van der Waals surface area contributed by atoms with Gasteiger partial charge in [-0.25, -0.2) is 4.79 Å². The molecule has 2 heterocycles. The van der Waals surface area contributed by atoms with Gasteiger partial charge in [-0.05, 0) is 73.3 Å². The summed E-state index contributed by atoms with van der Waals surface area (Å²) in [7, 11) is 0. The molecular weight excluding hydrogens is 559 g/mol. The Morgan fingerprint density at radius 2 is 1.86 bits per heavy atom. The molecule has 4 rings (SSSR count). The van der Waals surface area contributed by atoms with Crippen molar-refractivity contribution in [1.82, 2.24) is 4.90 Å². The average Bonchev–Trinajstić information content (AvgIpc) is 3.41. The lowest BCUT2D eigenvalue weighted by Crippen LogP contribution is -2.36. The van der Waals surface area contributed by atoms with Gasteiger partial charge in [-0.2, -0.15) is 0 Å². The standard InChI is InChI=1S/C25H18Cl2N2O6S2/c1-2-34-24(32)18-11-15(5-9-19(18)27)28-21(30)13-29-23(31)20(37-25(29)33)12-16-6-10-22(35-16)36-17-7-3-14(26)4-8-17/h3-12H,2,13H2,1H3,(H,28,30)/b20-12-. The molecule has 2 aromatic carbocycles.